The van der Waals surface area contributed by atoms with Crippen molar-refractivity contribution in [1.82, 2.24) is 0 Å². The van der Waals surface area contributed by atoms with Gasteiger partial charge in [-0.15, -0.1) is 0 Å². The average molecular weight is 258 g/mol. The van der Waals surface area contributed by atoms with Crippen LogP contribution in [-0.4, -0.2) is 28.2 Å². The van der Waals surface area contributed by atoms with Gasteiger partial charge >= 0.3 is 5.97 Å². The van der Waals surface area contributed by atoms with E-state index < -0.39 is 12.1 Å². The maximum absolute atomic E-state index is 10.7. The first-order valence-electron chi connectivity index (χ1n) is 3.13. The largest absolute Gasteiger partial charge is 0.464 e. The first-order chi connectivity index (χ1) is 4.72. The van der Waals surface area contributed by atoms with E-state index >= 15 is 0 Å². The third kappa shape index (κ3) is 4.05. The number of alkyl halides is 1. The zero-order chi connectivity index (χ0) is 7.98. The van der Waals surface area contributed by atoms with Crippen LogP contribution < -0.4 is 0 Å². The van der Waals surface area contributed by atoms with Gasteiger partial charge in [-0.3, -0.25) is 0 Å². The SMILES string of the molecule is CCOC(=O)[C@H](O)CCI. The number of hydrogen-bond donors (Lipinski definition) is 1. The number of esters is 1. The quantitative estimate of drug-likeness (QED) is 0.459. The summed E-state index contributed by atoms with van der Waals surface area (Å²) in [6.45, 7) is 2.05. The Kier molecular flexibility index (Phi) is 6.00. The summed E-state index contributed by atoms with van der Waals surface area (Å²) in [7, 11) is 0. The fourth-order valence-electron chi connectivity index (χ4n) is 0.460. The smallest absolute Gasteiger partial charge is 0.334 e. The van der Waals surface area contributed by atoms with Gasteiger partial charge in [-0.1, -0.05) is 22.6 Å². The molecule has 0 heterocycles. The lowest BCUT2D eigenvalue weighted by Crippen LogP contribution is -2.23. The molecule has 0 fully saturated rings. The van der Waals surface area contributed by atoms with Crippen LogP contribution >= 0.6 is 22.6 Å². The normalized spacial score (nSPS) is 12.7. The number of rotatable bonds is 4. The van der Waals surface area contributed by atoms with Crippen LogP contribution in [0.25, 0.3) is 0 Å². The van der Waals surface area contributed by atoms with Gasteiger partial charge in [0, 0.05) is 4.43 Å². The number of carbonyl (C=O) groups excluding carboxylic acids is 1. The van der Waals surface area contributed by atoms with Crippen LogP contribution in [0.1, 0.15) is 13.3 Å². The van der Waals surface area contributed by atoms with Crippen molar-refractivity contribution in [2.45, 2.75) is 19.4 Å². The van der Waals surface area contributed by atoms with Crippen molar-refractivity contribution in [2.75, 3.05) is 11.0 Å². The predicted octanol–water partition coefficient (Wildman–Crippen LogP) is 0.736. The van der Waals surface area contributed by atoms with Gasteiger partial charge in [0.25, 0.3) is 0 Å². The molecule has 0 unspecified atom stereocenters. The Balaban J connectivity index is 3.49. The number of aliphatic hydroxyl groups is 1. The standard InChI is InChI=1S/C6H11IO3/c1-2-10-6(9)5(8)3-4-7/h5,8H,2-4H2,1H3/t5-/m1/s1. The molecule has 0 rings (SSSR count). The van der Waals surface area contributed by atoms with E-state index in [1.807, 2.05) is 0 Å². The molecule has 0 aliphatic rings. The molecule has 0 aliphatic carbocycles. The molecule has 0 amide bonds. The Bertz CT molecular complexity index is 105. The summed E-state index contributed by atoms with van der Waals surface area (Å²) >= 11 is 2.10. The minimum atomic E-state index is -0.933. The van der Waals surface area contributed by atoms with Gasteiger partial charge in [-0.25, -0.2) is 4.79 Å². The molecule has 0 aromatic heterocycles. The van der Waals surface area contributed by atoms with Crippen molar-refractivity contribution in [3.05, 3.63) is 0 Å². The summed E-state index contributed by atoms with van der Waals surface area (Å²) in [5.41, 5.74) is 0. The Morgan fingerprint density at radius 2 is 2.40 bits per heavy atom. The van der Waals surface area contributed by atoms with E-state index in [1.54, 1.807) is 6.92 Å². The van der Waals surface area contributed by atoms with Crippen LogP contribution in [0.4, 0.5) is 0 Å². The molecule has 0 bridgehead atoms. The highest BCUT2D eigenvalue weighted by atomic mass is 127. The fourth-order valence-corrected chi connectivity index (χ4v) is 1.05. The summed E-state index contributed by atoms with van der Waals surface area (Å²) < 4.78 is 5.33. The molecule has 10 heavy (non-hydrogen) atoms. The van der Waals surface area contributed by atoms with E-state index in [2.05, 4.69) is 27.3 Å². The van der Waals surface area contributed by atoms with Crippen molar-refractivity contribution in [1.29, 1.82) is 0 Å². The summed E-state index contributed by atoms with van der Waals surface area (Å²) in [6, 6.07) is 0. The van der Waals surface area contributed by atoms with Crippen LogP contribution in [0.3, 0.4) is 0 Å². The Hall–Kier alpha value is 0.160. The summed E-state index contributed by atoms with van der Waals surface area (Å²) in [6.07, 6.45) is -0.462. The highest BCUT2D eigenvalue weighted by molar-refractivity contribution is 14.1. The van der Waals surface area contributed by atoms with Crippen LogP contribution in [0, 0.1) is 0 Å². The lowest BCUT2D eigenvalue weighted by Gasteiger charge is -2.06. The second-order valence-electron chi connectivity index (χ2n) is 1.75. The van der Waals surface area contributed by atoms with Gasteiger partial charge in [0.05, 0.1) is 6.61 Å². The van der Waals surface area contributed by atoms with Crippen molar-refractivity contribution < 1.29 is 14.6 Å². The van der Waals surface area contributed by atoms with Gasteiger partial charge < -0.3 is 9.84 Å². The maximum Gasteiger partial charge on any atom is 0.334 e. The van der Waals surface area contributed by atoms with Crippen molar-refractivity contribution >= 4 is 28.6 Å². The minimum Gasteiger partial charge on any atom is -0.464 e. The molecule has 3 nitrogen and oxygen atoms in total. The molecule has 0 aliphatic heterocycles. The van der Waals surface area contributed by atoms with E-state index in [0.29, 0.717) is 13.0 Å². The molecule has 0 spiro atoms. The van der Waals surface area contributed by atoms with E-state index in [-0.39, 0.29) is 0 Å². The van der Waals surface area contributed by atoms with Gasteiger partial charge in [-0.2, -0.15) is 0 Å². The molecule has 60 valence electrons. The van der Waals surface area contributed by atoms with E-state index in [1.165, 1.54) is 0 Å². The first kappa shape index (κ1) is 10.2. The molecule has 0 aromatic carbocycles. The van der Waals surface area contributed by atoms with Crippen LogP contribution in [0.2, 0.25) is 0 Å². The summed E-state index contributed by atoms with van der Waals surface area (Å²) in [4.78, 5) is 10.7. The summed E-state index contributed by atoms with van der Waals surface area (Å²) in [5, 5.41) is 8.97. The molecular weight excluding hydrogens is 247 g/mol. The van der Waals surface area contributed by atoms with E-state index in [4.69, 9.17) is 5.11 Å². The second-order valence-corrected chi connectivity index (χ2v) is 2.82. The van der Waals surface area contributed by atoms with Crippen LogP contribution in [0.5, 0.6) is 0 Å². The third-order valence-electron chi connectivity index (χ3n) is 0.941. The Morgan fingerprint density at radius 1 is 1.80 bits per heavy atom. The van der Waals surface area contributed by atoms with Gasteiger partial charge in [0.2, 0.25) is 0 Å². The van der Waals surface area contributed by atoms with Gasteiger partial charge in [0.15, 0.2) is 6.10 Å². The number of hydrogen-bond acceptors (Lipinski definition) is 3. The van der Waals surface area contributed by atoms with Crippen LogP contribution in [0.15, 0.2) is 0 Å². The minimum absolute atomic E-state index is 0.330. The average Bonchev–Trinajstić information content (AvgIpc) is 1.89. The fraction of sp³-hybridized carbons (Fsp3) is 0.833. The predicted molar refractivity (Wildman–Crippen MR) is 46.1 cm³/mol. The molecule has 1 atom stereocenters. The van der Waals surface area contributed by atoms with E-state index in [0.717, 1.165) is 4.43 Å². The lowest BCUT2D eigenvalue weighted by molar-refractivity contribution is -0.152. The molecule has 4 heteroatoms. The molecule has 0 radical (unpaired) electrons. The second kappa shape index (κ2) is 5.91. The summed E-state index contributed by atoms with van der Waals surface area (Å²) in [5.74, 6) is -0.515. The first-order valence-corrected chi connectivity index (χ1v) is 4.65. The topological polar surface area (TPSA) is 46.5 Å². The van der Waals surface area contributed by atoms with E-state index in [9.17, 15) is 4.79 Å². The third-order valence-corrected chi connectivity index (χ3v) is 1.56. The zero-order valence-electron chi connectivity index (χ0n) is 5.84. The number of aliphatic hydroxyl groups excluding tert-OH is 1. The number of carbonyl (C=O) groups is 1. The lowest BCUT2D eigenvalue weighted by atomic mass is 10.3. The molecular formula is C6H11IO3. The highest BCUT2D eigenvalue weighted by Gasteiger charge is 2.13. The van der Waals surface area contributed by atoms with Gasteiger partial charge in [-0.05, 0) is 13.3 Å². The van der Waals surface area contributed by atoms with Crippen molar-refractivity contribution in [2.24, 2.45) is 0 Å². The highest BCUT2D eigenvalue weighted by Crippen LogP contribution is 1.98. The molecule has 0 saturated heterocycles. The zero-order valence-corrected chi connectivity index (χ0v) is 8.00. The molecule has 1 N–H and O–H groups in total. The molecule has 0 aromatic rings. The number of ether oxygens (including phenoxy) is 1. The Labute approximate surface area is 73.9 Å². The maximum atomic E-state index is 10.7. The van der Waals surface area contributed by atoms with Crippen molar-refractivity contribution in [3.8, 4) is 0 Å². The van der Waals surface area contributed by atoms with Crippen molar-refractivity contribution in [3.63, 3.8) is 0 Å². The Morgan fingerprint density at radius 3 is 2.80 bits per heavy atom. The monoisotopic (exact) mass is 258 g/mol. The number of halogens is 1. The van der Waals surface area contributed by atoms with Crippen LogP contribution in [-0.2, 0) is 9.53 Å². The van der Waals surface area contributed by atoms with Gasteiger partial charge in [0.1, 0.15) is 0 Å². The molecule has 0 saturated carbocycles.